The molecule has 1 aliphatic rings. The minimum atomic E-state index is -6.00. The molecule has 4 rings (SSSR count). The molecular formula is C23H28BF4N3O. The number of fused-ring (bicyclic) bond motifs is 1. The van der Waals surface area contributed by atoms with Gasteiger partial charge in [-0.2, -0.15) is 0 Å². The van der Waals surface area contributed by atoms with Gasteiger partial charge in [0.25, 0.3) is 0 Å². The topological polar surface area (TPSA) is 30.9 Å². The molecule has 0 amide bonds. The molecule has 0 radical (unpaired) electrons. The Morgan fingerprint density at radius 3 is 2.19 bits per heavy atom. The fourth-order valence-electron chi connectivity index (χ4n) is 4.25. The standard InChI is InChI=1S/C23H28N3O.BF4/c1-16-11-17(2)22(18(3)12-16)26-15-25-20(13-19-9-7-6-8-10-19)23(4,5)27-14-21(25)24-26;2-1(3,4)5/h6-12,15,20H,13-14H2,1-5H3;/q+1;-1/t20-;/m0./s1. The first kappa shape index (κ1) is 24.0. The minimum absolute atomic E-state index is 0.198. The first-order valence-corrected chi connectivity index (χ1v) is 10.5. The molecule has 0 N–H and O–H groups in total. The van der Waals surface area contributed by atoms with E-state index in [9.17, 15) is 17.3 Å². The largest absolute Gasteiger partial charge is 0.673 e. The molecule has 3 aromatic rings. The van der Waals surface area contributed by atoms with Gasteiger partial charge in [-0.15, -0.1) is 0 Å². The molecule has 1 aromatic heterocycles. The third kappa shape index (κ3) is 5.76. The fourth-order valence-corrected chi connectivity index (χ4v) is 4.25. The first-order chi connectivity index (χ1) is 14.8. The monoisotopic (exact) mass is 449 g/mol. The molecule has 2 heterocycles. The highest BCUT2D eigenvalue weighted by atomic mass is 19.5. The Balaban J connectivity index is 0.000000523. The van der Waals surface area contributed by atoms with E-state index in [1.807, 2.05) is 4.68 Å². The number of hydrogen-bond donors (Lipinski definition) is 0. The maximum atomic E-state index is 9.75. The van der Waals surface area contributed by atoms with Crippen LogP contribution in [0.4, 0.5) is 17.3 Å². The number of benzene rings is 2. The Morgan fingerprint density at radius 1 is 1.06 bits per heavy atom. The van der Waals surface area contributed by atoms with Gasteiger partial charge >= 0.3 is 13.1 Å². The van der Waals surface area contributed by atoms with E-state index in [4.69, 9.17) is 9.84 Å². The van der Waals surface area contributed by atoms with Gasteiger partial charge in [-0.3, -0.25) is 0 Å². The summed E-state index contributed by atoms with van der Waals surface area (Å²) < 4.78 is 49.6. The summed E-state index contributed by atoms with van der Waals surface area (Å²) in [5.41, 5.74) is 6.00. The van der Waals surface area contributed by atoms with E-state index in [1.165, 1.54) is 27.9 Å². The van der Waals surface area contributed by atoms with E-state index in [2.05, 4.69) is 88.0 Å². The zero-order chi connectivity index (χ0) is 23.7. The van der Waals surface area contributed by atoms with E-state index in [0.717, 1.165) is 12.2 Å². The third-order valence-corrected chi connectivity index (χ3v) is 5.60. The summed E-state index contributed by atoms with van der Waals surface area (Å²) in [6, 6.07) is 15.3. The highest BCUT2D eigenvalue weighted by Crippen LogP contribution is 2.31. The van der Waals surface area contributed by atoms with Crippen LogP contribution in [0.5, 0.6) is 0 Å². The summed E-state index contributed by atoms with van der Waals surface area (Å²) >= 11 is 0. The molecule has 0 aliphatic carbocycles. The summed E-state index contributed by atoms with van der Waals surface area (Å²) in [5.74, 6) is 0.981. The molecule has 0 unspecified atom stereocenters. The lowest BCUT2D eigenvalue weighted by Gasteiger charge is -2.36. The predicted octanol–water partition coefficient (Wildman–Crippen LogP) is 5.48. The second-order valence-corrected chi connectivity index (χ2v) is 8.72. The zero-order valence-corrected chi connectivity index (χ0v) is 18.9. The van der Waals surface area contributed by atoms with Crippen molar-refractivity contribution in [3.05, 3.63) is 76.9 Å². The SMILES string of the molecule is Cc1cc(C)c(-n2c[n+]3c(n2)COC(C)(C)[C@@H]3Cc2ccccc2)c(C)c1.F[B-](F)(F)F. The van der Waals surface area contributed by atoms with Crippen molar-refractivity contribution in [2.24, 2.45) is 0 Å². The van der Waals surface area contributed by atoms with Gasteiger partial charge in [-0.1, -0.05) is 52.7 Å². The van der Waals surface area contributed by atoms with Crippen LogP contribution in [0.3, 0.4) is 0 Å². The lowest BCUT2D eigenvalue weighted by molar-refractivity contribution is -0.757. The maximum absolute atomic E-state index is 9.75. The number of halogens is 4. The van der Waals surface area contributed by atoms with Gasteiger partial charge < -0.3 is 22.0 Å². The molecule has 32 heavy (non-hydrogen) atoms. The predicted molar refractivity (Wildman–Crippen MR) is 116 cm³/mol. The normalized spacial score (nSPS) is 17.3. The molecule has 0 saturated heterocycles. The molecule has 0 fully saturated rings. The molecule has 0 saturated carbocycles. The quantitative estimate of drug-likeness (QED) is 0.301. The Bertz CT molecular complexity index is 1050. The molecule has 2 aromatic carbocycles. The van der Waals surface area contributed by atoms with Crippen molar-refractivity contribution in [1.29, 1.82) is 0 Å². The van der Waals surface area contributed by atoms with E-state index >= 15 is 0 Å². The number of rotatable bonds is 3. The number of nitrogens with zero attached hydrogens (tertiary/aromatic N) is 3. The molecule has 4 nitrogen and oxygen atoms in total. The van der Waals surface area contributed by atoms with Crippen LogP contribution < -0.4 is 4.57 Å². The van der Waals surface area contributed by atoms with E-state index in [-0.39, 0.29) is 11.6 Å². The maximum Gasteiger partial charge on any atom is 0.673 e. The van der Waals surface area contributed by atoms with Gasteiger partial charge in [0, 0.05) is 11.5 Å². The molecule has 9 heteroatoms. The average Bonchev–Trinajstić information content (AvgIpc) is 3.06. The van der Waals surface area contributed by atoms with Crippen LogP contribution in [-0.2, 0) is 17.8 Å². The lowest BCUT2D eigenvalue weighted by atomic mass is 9.91. The molecule has 1 aliphatic heterocycles. The average molecular weight is 449 g/mol. The fraction of sp³-hybridized carbons (Fsp3) is 0.391. The third-order valence-electron chi connectivity index (χ3n) is 5.60. The first-order valence-electron chi connectivity index (χ1n) is 10.5. The summed E-state index contributed by atoms with van der Waals surface area (Å²) in [7, 11) is -6.00. The Hall–Kier alpha value is -2.68. The summed E-state index contributed by atoms with van der Waals surface area (Å²) in [6.45, 7) is 11.3. The van der Waals surface area contributed by atoms with Crippen molar-refractivity contribution in [1.82, 2.24) is 9.78 Å². The van der Waals surface area contributed by atoms with Crippen LogP contribution >= 0.6 is 0 Å². The highest BCUT2D eigenvalue weighted by molar-refractivity contribution is 6.50. The summed E-state index contributed by atoms with van der Waals surface area (Å²) in [5, 5.41) is 4.88. The van der Waals surface area contributed by atoms with Gasteiger partial charge in [-0.05, 0) is 51.3 Å². The zero-order valence-electron chi connectivity index (χ0n) is 18.9. The molecule has 0 bridgehead atoms. The number of hydrogen-bond acceptors (Lipinski definition) is 2. The number of aryl methyl sites for hydroxylation is 3. The van der Waals surface area contributed by atoms with Gasteiger partial charge in [0.05, 0.1) is 5.60 Å². The van der Waals surface area contributed by atoms with E-state index in [0.29, 0.717) is 6.61 Å². The number of ether oxygens (including phenoxy) is 1. The van der Waals surface area contributed by atoms with Crippen LogP contribution in [-0.4, -0.2) is 22.6 Å². The van der Waals surface area contributed by atoms with Crippen LogP contribution in [0.15, 0.2) is 48.8 Å². The van der Waals surface area contributed by atoms with Crippen molar-refractivity contribution in [3.8, 4) is 5.69 Å². The van der Waals surface area contributed by atoms with E-state index in [1.54, 1.807) is 0 Å². The van der Waals surface area contributed by atoms with Gasteiger partial charge in [-0.25, -0.2) is 4.57 Å². The molecule has 172 valence electrons. The van der Waals surface area contributed by atoms with Gasteiger partial charge in [0.1, 0.15) is 18.3 Å². The molecular weight excluding hydrogens is 421 g/mol. The second-order valence-electron chi connectivity index (χ2n) is 8.72. The van der Waals surface area contributed by atoms with Gasteiger partial charge in [0.2, 0.25) is 6.33 Å². The lowest BCUT2D eigenvalue weighted by Crippen LogP contribution is -2.57. The Labute approximate surface area is 185 Å². The molecule has 0 spiro atoms. The smallest absolute Gasteiger partial charge is 0.418 e. The van der Waals surface area contributed by atoms with Crippen molar-refractivity contribution in [2.75, 3.05) is 0 Å². The minimum Gasteiger partial charge on any atom is -0.418 e. The summed E-state index contributed by atoms with van der Waals surface area (Å²) in [6.07, 6.45) is 3.07. The van der Waals surface area contributed by atoms with Crippen molar-refractivity contribution < 1.29 is 26.6 Å². The number of aromatic nitrogens is 3. The Morgan fingerprint density at radius 2 is 1.62 bits per heavy atom. The summed E-state index contributed by atoms with van der Waals surface area (Å²) in [4.78, 5) is 0. The van der Waals surface area contributed by atoms with Crippen molar-refractivity contribution in [3.63, 3.8) is 0 Å². The Kier molecular flexibility index (Phi) is 6.79. The van der Waals surface area contributed by atoms with Crippen LogP contribution in [0.25, 0.3) is 5.69 Å². The van der Waals surface area contributed by atoms with Gasteiger partial charge in [0.15, 0.2) is 0 Å². The highest BCUT2D eigenvalue weighted by Gasteiger charge is 2.42. The second kappa shape index (κ2) is 9.06. The van der Waals surface area contributed by atoms with Crippen LogP contribution in [0, 0.1) is 20.8 Å². The van der Waals surface area contributed by atoms with E-state index < -0.39 is 7.25 Å². The van der Waals surface area contributed by atoms with Crippen molar-refractivity contribution >= 4 is 7.25 Å². The van der Waals surface area contributed by atoms with Crippen LogP contribution in [0.2, 0.25) is 0 Å². The molecule has 1 atom stereocenters. The van der Waals surface area contributed by atoms with Crippen LogP contribution in [0.1, 0.15) is 48.0 Å². The van der Waals surface area contributed by atoms with Crippen molar-refractivity contribution in [2.45, 2.75) is 59.3 Å².